The SMILES string of the molecule is Oc1nc(Nc2cccc(N3CCOCC3)c2)nc2[nH]cnc12. The van der Waals surface area contributed by atoms with Gasteiger partial charge < -0.3 is 25.0 Å². The number of aromatic nitrogens is 4. The van der Waals surface area contributed by atoms with E-state index in [1.807, 2.05) is 18.2 Å². The Morgan fingerprint density at radius 3 is 2.96 bits per heavy atom. The summed E-state index contributed by atoms with van der Waals surface area (Å²) >= 11 is 0. The number of anilines is 3. The minimum absolute atomic E-state index is 0.150. The van der Waals surface area contributed by atoms with Gasteiger partial charge in [-0.15, -0.1) is 0 Å². The van der Waals surface area contributed by atoms with Crippen molar-refractivity contribution in [3.8, 4) is 5.88 Å². The number of nitrogens with one attached hydrogen (secondary N) is 2. The fourth-order valence-electron chi connectivity index (χ4n) is 2.61. The minimum Gasteiger partial charge on any atom is -0.492 e. The number of H-pyrrole nitrogens is 1. The molecule has 0 bridgehead atoms. The summed E-state index contributed by atoms with van der Waals surface area (Å²) in [5, 5.41) is 13.0. The van der Waals surface area contributed by atoms with E-state index in [0.29, 0.717) is 17.1 Å². The van der Waals surface area contributed by atoms with Gasteiger partial charge >= 0.3 is 0 Å². The number of hydrogen-bond donors (Lipinski definition) is 3. The Hall–Kier alpha value is -2.87. The number of benzene rings is 1. The second kappa shape index (κ2) is 5.73. The zero-order valence-electron chi connectivity index (χ0n) is 12.4. The van der Waals surface area contributed by atoms with Gasteiger partial charge in [-0.1, -0.05) is 6.07 Å². The smallest absolute Gasteiger partial charge is 0.244 e. The van der Waals surface area contributed by atoms with E-state index in [1.165, 1.54) is 6.33 Å². The van der Waals surface area contributed by atoms with Crippen LogP contribution in [0.1, 0.15) is 0 Å². The van der Waals surface area contributed by atoms with Crippen LogP contribution in [-0.4, -0.2) is 51.3 Å². The third-order valence-corrected chi connectivity index (χ3v) is 3.74. The van der Waals surface area contributed by atoms with Crippen LogP contribution in [0.3, 0.4) is 0 Å². The largest absolute Gasteiger partial charge is 0.492 e. The molecule has 1 aliphatic heterocycles. The number of nitrogens with zero attached hydrogens (tertiary/aromatic N) is 4. The maximum Gasteiger partial charge on any atom is 0.244 e. The van der Waals surface area contributed by atoms with Crippen molar-refractivity contribution in [1.82, 2.24) is 19.9 Å². The number of hydrogen-bond acceptors (Lipinski definition) is 7. The molecule has 23 heavy (non-hydrogen) atoms. The van der Waals surface area contributed by atoms with Crippen LogP contribution in [0, 0.1) is 0 Å². The monoisotopic (exact) mass is 312 g/mol. The predicted octanol–water partition coefficient (Wildman–Crippen LogP) is 1.64. The molecule has 0 amide bonds. The van der Waals surface area contributed by atoms with Crippen molar-refractivity contribution in [3.63, 3.8) is 0 Å². The van der Waals surface area contributed by atoms with E-state index in [4.69, 9.17) is 4.74 Å². The molecule has 3 heterocycles. The van der Waals surface area contributed by atoms with Crippen LogP contribution in [0.15, 0.2) is 30.6 Å². The van der Waals surface area contributed by atoms with E-state index < -0.39 is 0 Å². The van der Waals surface area contributed by atoms with Gasteiger partial charge in [0.05, 0.1) is 19.5 Å². The first-order valence-electron chi connectivity index (χ1n) is 7.39. The van der Waals surface area contributed by atoms with E-state index in [1.54, 1.807) is 0 Å². The van der Waals surface area contributed by atoms with Crippen molar-refractivity contribution < 1.29 is 9.84 Å². The molecule has 0 radical (unpaired) electrons. The minimum atomic E-state index is -0.150. The standard InChI is InChI=1S/C15H16N6O2/c22-14-12-13(17-9-16-12)19-15(20-14)18-10-2-1-3-11(8-10)21-4-6-23-7-5-21/h1-3,8-9H,4-7H2,(H3,16,17,18,19,20,22). The summed E-state index contributed by atoms with van der Waals surface area (Å²) in [7, 11) is 0. The number of aromatic amines is 1. The molecule has 0 spiro atoms. The maximum absolute atomic E-state index is 9.88. The Bertz CT molecular complexity index is 828. The number of morpholine rings is 1. The van der Waals surface area contributed by atoms with Crippen LogP contribution in [0.2, 0.25) is 0 Å². The number of aromatic hydroxyl groups is 1. The molecule has 3 N–H and O–H groups in total. The van der Waals surface area contributed by atoms with Gasteiger partial charge in [0.25, 0.3) is 0 Å². The van der Waals surface area contributed by atoms with Crippen molar-refractivity contribution in [2.75, 3.05) is 36.5 Å². The molecule has 1 saturated heterocycles. The van der Waals surface area contributed by atoms with E-state index >= 15 is 0 Å². The fourth-order valence-corrected chi connectivity index (χ4v) is 2.61. The summed E-state index contributed by atoms with van der Waals surface area (Å²) in [6, 6.07) is 8.00. The molecule has 0 saturated carbocycles. The predicted molar refractivity (Wildman–Crippen MR) is 86.1 cm³/mol. The quantitative estimate of drug-likeness (QED) is 0.676. The van der Waals surface area contributed by atoms with Gasteiger partial charge in [0.15, 0.2) is 11.2 Å². The summed E-state index contributed by atoms with van der Waals surface area (Å²) < 4.78 is 5.38. The van der Waals surface area contributed by atoms with Crippen molar-refractivity contribution in [2.24, 2.45) is 0 Å². The highest BCUT2D eigenvalue weighted by Gasteiger charge is 2.12. The number of ether oxygens (including phenoxy) is 1. The molecular weight excluding hydrogens is 296 g/mol. The average Bonchev–Trinajstić information content (AvgIpc) is 3.05. The van der Waals surface area contributed by atoms with Crippen LogP contribution < -0.4 is 10.2 Å². The summed E-state index contributed by atoms with van der Waals surface area (Å²) in [4.78, 5) is 17.4. The van der Waals surface area contributed by atoms with E-state index in [-0.39, 0.29) is 5.88 Å². The number of fused-ring (bicyclic) bond motifs is 1. The molecule has 118 valence electrons. The van der Waals surface area contributed by atoms with Crippen LogP contribution in [-0.2, 0) is 4.74 Å². The fraction of sp³-hybridized carbons (Fsp3) is 0.267. The first-order chi connectivity index (χ1) is 11.3. The second-order valence-corrected chi connectivity index (χ2v) is 5.25. The van der Waals surface area contributed by atoms with Crippen molar-refractivity contribution >= 4 is 28.5 Å². The molecule has 1 aromatic carbocycles. The molecule has 8 nitrogen and oxygen atoms in total. The molecular formula is C15H16N6O2. The molecule has 8 heteroatoms. The molecule has 2 aromatic heterocycles. The van der Waals surface area contributed by atoms with Crippen molar-refractivity contribution in [2.45, 2.75) is 0 Å². The lowest BCUT2D eigenvalue weighted by Gasteiger charge is -2.29. The van der Waals surface area contributed by atoms with Crippen LogP contribution in [0.4, 0.5) is 17.3 Å². The lowest BCUT2D eigenvalue weighted by atomic mass is 10.2. The van der Waals surface area contributed by atoms with Crippen LogP contribution in [0.5, 0.6) is 5.88 Å². The Morgan fingerprint density at radius 1 is 1.22 bits per heavy atom. The highest BCUT2D eigenvalue weighted by molar-refractivity contribution is 5.77. The molecule has 0 aliphatic carbocycles. The van der Waals surface area contributed by atoms with Gasteiger partial charge in [0, 0.05) is 24.5 Å². The van der Waals surface area contributed by atoms with E-state index in [0.717, 1.165) is 37.7 Å². The highest BCUT2D eigenvalue weighted by Crippen LogP contribution is 2.24. The van der Waals surface area contributed by atoms with Gasteiger partial charge in [0.1, 0.15) is 0 Å². The summed E-state index contributed by atoms with van der Waals surface area (Å²) in [6.45, 7) is 3.23. The summed E-state index contributed by atoms with van der Waals surface area (Å²) in [5.41, 5.74) is 2.82. The molecule has 1 aliphatic rings. The molecule has 0 unspecified atom stereocenters. The van der Waals surface area contributed by atoms with Crippen molar-refractivity contribution in [1.29, 1.82) is 0 Å². The molecule has 0 atom stereocenters. The number of imidazole rings is 1. The van der Waals surface area contributed by atoms with Crippen molar-refractivity contribution in [3.05, 3.63) is 30.6 Å². The van der Waals surface area contributed by atoms with Gasteiger partial charge in [-0.3, -0.25) is 0 Å². The van der Waals surface area contributed by atoms with E-state index in [2.05, 4.69) is 36.2 Å². The average molecular weight is 312 g/mol. The first-order valence-corrected chi connectivity index (χ1v) is 7.39. The lowest BCUT2D eigenvalue weighted by molar-refractivity contribution is 0.122. The van der Waals surface area contributed by atoms with Crippen LogP contribution in [0.25, 0.3) is 11.2 Å². The van der Waals surface area contributed by atoms with Gasteiger partial charge in [-0.25, -0.2) is 4.98 Å². The van der Waals surface area contributed by atoms with Gasteiger partial charge in [-0.2, -0.15) is 9.97 Å². The zero-order valence-corrected chi connectivity index (χ0v) is 12.4. The molecule has 4 rings (SSSR count). The Kier molecular flexibility index (Phi) is 3.43. The van der Waals surface area contributed by atoms with Crippen LogP contribution >= 0.6 is 0 Å². The van der Waals surface area contributed by atoms with Gasteiger partial charge in [0.2, 0.25) is 11.8 Å². The third-order valence-electron chi connectivity index (χ3n) is 3.74. The topological polar surface area (TPSA) is 99.2 Å². The third kappa shape index (κ3) is 2.76. The van der Waals surface area contributed by atoms with Gasteiger partial charge in [-0.05, 0) is 18.2 Å². The summed E-state index contributed by atoms with van der Waals surface area (Å²) in [5.74, 6) is 0.168. The Morgan fingerprint density at radius 2 is 2.09 bits per heavy atom. The lowest BCUT2D eigenvalue weighted by Crippen LogP contribution is -2.36. The second-order valence-electron chi connectivity index (χ2n) is 5.25. The summed E-state index contributed by atoms with van der Waals surface area (Å²) in [6.07, 6.45) is 1.47. The highest BCUT2D eigenvalue weighted by atomic mass is 16.5. The first kappa shape index (κ1) is 13.8. The normalized spacial score (nSPS) is 15.0. The number of rotatable bonds is 3. The maximum atomic E-state index is 9.88. The Labute approximate surface area is 132 Å². The molecule has 3 aromatic rings. The zero-order chi connectivity index (χ0) is 15.6. The molecule has 1 fully saturated rings. The van der Waals surface area contributed by atoms with E-state index in [9.17, 15) is 5.11 Å². The Balaban J connectivity index is 1.60.